The van der Waals surface area contributed by atoms with Crippen LogP contribution in [0.4, 0.5) is 0 Å². The summed E-state index contributed by atoms with van der Waals surface area (Å²) in [6.45, 7) is 21.6. The van der Waals surface area contributed by atoms with Crippen LogP contribution in [-0.2, 0) is 0 Å². The fourth-order valence-corrected chi connectivity index (χ4v) is 15.8. The molecule has 0 radical (unpaired) electrons. The zero-order valence-electron chi connectivity index (χ0n) is 22.0. The summed E-state index contributed by atoms with van der Waals surface area (Å²) in [4.78, 5) is 3.47. The highest BCUT2D eigenvalue weighted by Gasteiger charge is 2.31. The molecule has 3 aromatic rings. The highest BCUT2D eigenvalue weighted by atomic mass is 32.1. The minimum absolute atomic E-state index is 0.861. The van der Waals surface area contributed by atoms with Gasteiger partial charge in [0, 0.05) is 14.7 Å². The van der Waals surface area contributed by atoms with Crippen LogP contribution in [0.5, 0.6) is 0 Å². The summed E-state index contributed by atoms with van der Waals surface area (Å²) in [5.41, 5.74) is 0. The van der Waals surface area contributed by atoms with Gasteiger partial charge < -0.3 is 0 Å². The number of thiol groups is 3. The normalized spacial score (nSPS) is 13.0. The summed E-state index contributed by atoms with van der Waals surface area (Å²) in [6.07, 6.45) is 0. The maximum absolute atomic E-state index is 5.20. The van der Waals surface area contributed by atoms with Gasteiger partial charge in [0.05, 0.1) is 24.2 Å². The standard InChI is InChI=1S/C27H39PS3Si3/c1-32(2,3)22-16-10-13-19(25(22)29)28(20-14-11-17-23(26(20)30)33(4,5)6)21-15-12-18-24(27(21)31)34(7,8)9/h10-18,29-31H,1-9H3. The maximum atomic E-state index is 5.20. The van der Waals surface area contributed by atoms with Gasteiger partial charge in [-0.1, -0.05) is 114 Å². The van der Waals surface area contributed by atoms with Crippen molar-refractivity contribution in [3.05, 3.63) is 54.6 Å². The van der Waals surface area contributed by atoms with Crippen LogP contribution in [0.25, 0.3) is 0 Å². The molecular formula is C27H39PS3Si3. The van der Waals surface area contributed by atoms with Crippen LogP contribution in [0.3, 0.4) is 0 Å². The minimum Gasteiger partial charge on any atom is -0.143 e. The Balaban J connectivity index is 2.43. The molecule has 3 rings (SSSR count). The topological polar surface area (TPSA) is 0 Å². The Kier molecular flexibility index (Phi) is 8.57. The lowest BCUT2D eigenvalue weighted by atomic mass is 10.3. The average Bonchev–Trinajstić information content (AvgIpc) is 2.69. The summed E-state index contributed by atoms with van der Waals surface area (Å²) < 4.78 is 0. The lowest BCUT2D eigenvalue weighted by molar-refractivity contribution is 1.52. The quantitative estimate of drug-likeness (QED) is 0.181. The molecule has 0 N–H and O–H groups in total. The molecule has 0 aliphatic rings. The van der Waals surface area contributed by atoms with E-state index in [9.17, 15) is 0 Å². The third kappa shape index (κ3) is 5.85. The van der Waals surface area contributed by atoms with Crippen molar-refractivity contribution in [3.8, 4) is 0 Å². The van der Waals surface area contributed by atoms with Gasteiger partial charge in [-0.25, -0.2) is 0 Å². The van der Waals surface area contributed by atoms with Gasteiger partial charge >= 0.3 is 0 Å². The Bertz CT molecular complexity index is 1050. The Morgan fingerprint density at radius 3 is 0.882 bits per heavy atom. The molecule has 0 nitrogen and oxygen atoms in total. The van der Waals surface area contributed by atoms with Gasteiger partial charge in [0.1, 0.15) is 0 Å². The summed E-state index contributed by atoms with van der Waals surface area (Å²) >= 11 is 15.6. The molecule has 0 heterocycles. The van der Waals surface area contributed by atoms with E-state index in [4.69, 9.17) is 37.9 Å². The molecule has 34 heavy (non-hydrogen) atoms. The molecule has 0 atom stereocenters. The fraction of sp³-hybridized carbons (Fsp3) is 0.333. The largest absolute Gasteiger partial charge is 0.143 e. The lowest BCUT2D eigenvalue weighted by Gasteiger charge is -2.30. The summed E-state index contributed by atoms with van der Waals surface area (Å²) in [6, 6.07) is 20.4. The average molecular weight is 575 g/mol. The molecule has 0 aliphatic carbocycles. The summed E-state index contributed by atoms with van der Waals surface area (Å²) in [5, 5.41) is 8.23. The second kappa shape index (κ2) is 10.3. The third-order valence-electron chi connectivity index (χ3n) is 6.19. The smallest absolute Gasteiger partial charge is 0.0790 e. The van der Waals surface area contributed by atoms with Crippen molar-refractivity contribution in [2.24, 2.45) is 0 Å². The van der Waals surface area contributed by atoms with Gasteiger partial charge in [0.15, 0.2) is 0 Å². The first kappa shape index (κ1) is 28.4. The molecule has 182 valence electrons. The van der Waals surface area contributed by atoms with E-state index in [1.54, 1.807) is 0 Å². The molecule has 3 aromatic carbocycles. The van der Waals surface area contributed by atoms with Gasteiger partial charge in [-0.15, -0.1) is 37.9 Å². The second-order valence-corrected chi connectivity index (χ2v) is 30.7. The van der Waals surface area contributed by atoms with Crippen molar-refractivity contribution in [1.29, 1.82) is 0 Å². The predicted octanol–water partition coefficient (Wildman–Crippen LogP) is 5.95. The van der Waals surface area contributed by atoms with E-state index in [0.717, 1.165) is 14.7 Å². The Labute approximate surface area is 228 Å². The van der Waals surface area contributed by atoms with E-state index < -0.39 is 32.1 Å². The lowest BCUT2D eigenvalue weighted by Crippen LogP contribution is -2.44. The predicted molar refractivity (Wildman–Crippen MR) is 176 cm³/mol. The second-order valence-electron chi connectivity index (χ2n) is 12.1. The Hall–Kier alpha value is -0.209. The molecule has 0 fully saturated rings. The molecule has 0 saturated heterocycles. The molecule has 0 spiro atoms. The van der Waals surface area contributed by atoms with Crippen LogP contribution in [-0.4, -0.2) is 24.2 Å². The van der Waals surface area contributed by atoms with Crippen LogP contribution in [0.2, 0.25) is 58.9 Å². The van der Waals surface area contributed by atoms with Gasteiger partial charge in [-0.2, -0.15) is 0 Å². The molecule has 7 heteroatoms. The first-order chi connectivity index (χ1) is 15.5. The van der Waals surface area contributed by atoms with E-state index in [2.05, 4.69) is 114 Å². The number of benzene rings is 3. The van der Waals surface area contributed by atoms with E-state index in [1.165, 1.54) is 31.5 Å². The summed E-state index contributed by atoms with van der Waals surface area (Å²) in [7, 11) is -5.53. The highest BCUT2D eigenvalue weighted by Crippen LogP contribution is 2.39. The molecular weight excluding hydrogens is 536 g/mol. The van der Waals surface area contributed by atoms with Gasteiger partial charge in [-0.05, 0) is 39.4 Å². The minimum atomic E-state index is -1.56. The van der Waals surface area contributed by atoms with Crippen molar-refractivity contribution in [2.45, 2.75) is 73.6 Å². The zero-order chi connectivity index (χ0) is 25.6. The number of hydrogen-bond acceptors (Lipinski definition) is 3. The van der Waals surface area contributed by atoms with Crippen molar-refractivity contribution >= 4 is 102 Å². The molecule has 0 amide bonds. The Morgan fingerprint density at radius 1 is 0.441 bits per heavy atom. The highest BCUT2D eigenvalue weighted by molar-refractivity contribution is 7.87. The van der Waals surface area contributed by atoms with Crippen molar-refractivity contribution < 1.29 is 0 Å². The molecule has 0 bridgehead atoms. The molecule has 0 aromatic heterocycles. The van der Waals surface area contributed by atoms with E-state index in [1.807, 2.05) is 0 Å². The zero-order valence-corrected chi connectivity index (χ0v) is 28.6. The molecule has 0 unspecified atom stereocenters. The Morgan fingerprint density at radius 2 is 0.676 bits per heavy atom. The van der Waals surface area contributed by atoms with Crippen LogP contribution < -0.4 is 31.5 Å². The fourth-order valence-electron chi connectivity index (χ4n) is 4.34. The van der Waals surface area contributed by atoms with Crippen LogP contribution in [0.15, 0.2) is 69.3 Å². The van der Waals surface area contributed by atoms with Crippen LogP contribution >= 0.6 is 45.8 Å². The number of hydrogen-bond donors (Lipinski definition) is 3. The van der Waals surface area contributed by atoms with Gasteiger partial charge in [-0.3, -0.25) is 0 Å². The first-order valence-corrected chi connectivity index (χ1v) is 25.0. The van der Waals surface area contributed by atoms with Crippen molar-refractivity contribution in [2.75, 3.05) is 0 Å². The van der Waals surface area contributed by atoms with Gasteiger partial charge in [0.25, 0.3) is 0 Å². The van der Waals surface area contributed by atoms with E-state index in [-0.39, 0.29) is 0 Å². The monoisotopic (exact) mass is 574 g/mol. The maximum Gasteiger partial charge on any atom is 0.0790 e. The van der Waals surface area contributed by atoms with Crippen LogP contribution in [0, 0.1) is 0 Å². The van der Waals surface area contributed by atoms with Crippen LogP contribution in [0.1, 0.15) is 0 Å². The van der Waals surface area contributed by atoms with Crippen molar-refractivity contribution in [1.82, 2.24) is 0 Å². The first-order valence-electron chi connectivity index (χ1n) is 11.8. The molecule has 0 aliphatic heterocycles. The van der Waals surface area contributed by atoms with Crippen molar-refractivity contribution in [3.63, 3.8) is 0 Å². The molecule has 0 saturated carbocycles. The van der Waals surface area contributed by atoms with E-state index in [0.29, 0.717) is 0 Å². The SMILES string of the molecule is C[Si](C)(C)c1cccc(P(c2cccc([Si](C)(C)C)c2S)c2cccc([Si](C)(C)C)c2S)c1S. The van der Waals surface area contributed by atoms with E-state index >= 15 is 0 Å². The summed E-state index contributed by atoms with van der Waals surface area (Å²) in [5.74, 6) is 0. The third-order valence-corrected chi connectivity index (χ3v) is 17.5. The van der Waals surface area contributed by atoms with Gasteiger partial charge in [0.2, 0.25) is 0 Å². The number of rotatable bonds is 6.